The average Bonchev–Trinajstić information content (AvgIpc) is 3.34. The summed E-state index contributed by atoms with van der Waals surface area (Å²) in [4.78, 5) is 50.5. The van der Waals surface area contributed by atoms with Crippen LogP contribution in [0.25, 0.3) is 0 Å². The highest BCUT2D eigenvalue weighted by atomic mass is 32.2. The molecule has 0 aliphatic carbocycles. The molecule has 0 aromatic heterocycles. The van der Waals surface area contributed by atoms with Crippen LogP contribution in [0.5, 0.6) is 0 Å². The molecule has 0 bridgehead atoms. The molecule has 1 saturated heterocycles. The van der Waals surface area contributed by atoms with E-state index in [2.05, 4.69) is 20.9 Å². The number of carboxylic acid groups (broad SMARTS) is 1. The molecule has 216 valence electrons. The van der Waals surface area contributed by atoms with E-state index in [1.54, 1.807) is 37.8 Å². The molecule has 0 spiro atoms. The molecule has 2 aliphatic rings. The van der Waals surface area contributed by atoms with Gasteiger partial charge in [0.05, 0.1) is 12.1 Å². The molecule has 2 heterocycles. The van der Waals surface area contributed by atoms with Gasteiger partial charge in [-0.2, -0.15) is 24.9 Å². The van der Waals surface area contributed by atoms with E-state index in [-0.39, 0.29) is 35.6 Å². The van der Waals surface area contributed by atoms with Gasteiger partial charge in [-0.25, -0.2) is 14.6 Å². The Morgan fingerprint density at radius 3 is 2.50 bits per heavy atom. The third-order valence-electron chi connectivity index (χ3n) is 5.75. The Balaban J connectivity index is 1.58. The van der Waals surface area contributed by atoms with Crippen LogP contribution in [0, 0.1) is 0 Å². The van der Waals surface area contributed by atoms with Gasteiger partial charge in [-0.15, -0.1) is 0 Å². The summed E-state index contributed by atoms with van der Waals surface area (Å²) < 4.78 is 42.4. The van der Waals surface area contributed by atoms with Crippen LogP contribution in [-0.4, -0.2) is 82.4 Å². The first kappa shape index (κ1) is 31.5. The monoisotopic (exact) mass is 567 g/mol. The first-order valence-electron chi connectivity index (χ1n) is 12.5. The summed E-state index contributed by atoms with van der Waals surface area (Å²) in [6.45, 7) is 5.42. The van der Waals surface area contributed by atoms with Gasteiger partial charge in [0.15, 0.2) is 5.96 Å². The molecular formula is C23H36F3N5O6S. The number of alkyl halides is 3. The van der Waals surface area contributed by atoms with Crippen molar-refractivity contribution in [3.63, 3.8) is 0 Å². The molecule has 0 aromatic rings. The van der Waals surface area contributed by atoms with Gasteiger partial charge in [-0.1, -0.05) is 6.42 Å². The number of unbranched alkanes of at least 4 members (excludes halogenated alkanes) is 2. The van der Waals surface area contributed by atoms with Crippen molar-refractivity contribution < 1.29 is 42.2 Å². The van der Waals surface area contributed by atoms with Crippen molar-refractivity contribution in [2.24, 2.45) is 4.99 Å². The molecule has 11 nitrogen and oxygen atoms in total. The standard InChI is InChI=1S/C23H36F3N5O6S/c1-22(2,3)37-21(36)29-13(18(33)34)8-6-7-11-27-16(32)10-5-4-9-15-17-14(12-38-15)28-20(30-17)31-19(35)23(24,25)26/h13-15,17H,4-12H2,1-3H3,(H,27,32)(H,29,36)(H,33,34)(H2,28,30,31,35). The number of amides is 3. The fourth-order valence-corrected chi connectivity index (χ4v) is 5.49. The number of aliphatic imine (C=N–C) groups is 1. The van der Waals surface area contributed by atoms with E-state index in [4.69, 9.17) is 4.74 Å². The van der Waals surface area contributed by atoms with Crippen LogP contribution in [0.1, 0.15) is 65.7 Å². The van der Waals surface area contributed by atoms with E-state index in [0.717, 1.165) is 12.8 Å². The normalized spacial score (nSPS) is 21.5. The number of nitrogens with one attached hydrogen (secondary N) is 4. The lowest BCUT2D eigenvalue weighted by atomic mass is 10.0. The number of aliphatic carboxylic acids is 1. The summed E-state index contributed by atoms with van der Waals surface area (Å²) in [5.41, 5.74) is -0.736. The Morgan fingerprint density at radius 1 is 1.16 bits per heavy atom. The number of nitrogens with zero attached hydrogens (tertiary/aromatic N) is 1. The number of thioether (sulfide) groups is 1. The molecule has 4 atom stereocenters. The third-order valence-corrected chi connectivity index (χ3v) is 7.24. The number of ether oxygens (including phenoxy) is 1. The summed E-state index contributed by atoms with van der Waals surface area (Å²) in [5.74, 6) is -2.82. The first-order valence-corrected chi connectivity index (χ1v) is 13.5. The topological polar surface area (TPSA) is 158 Å². The van der Waals surface area contributed by atoms with Crippen molar-refractivity contribution >= 4 is 41.6 Å². The minimum atomic E-state index is -4.98. The summed E-state index contributed by atoms with van der Waals surface area (Å²) in [7, 11) is 0. The lowest BCUT2D eigenvalue weighted by Gasteiger charge is -2.22. The predicted octanol–water partition coefficient (Wildman–Crippen LogP) is 2.30. The fourth-order valence-electron chi connectivity index (χ4n) is 3.97. The number of fused-ring (bicyclic) bond motifs is 1. The Morgan fingerprint density at radius 2 is 1.87 bits per heavy atom. The lowest BCUT2D eigenvalue weighted by molar-refractivity contribution is -0.171. The quantitative estimate of drug-likeness (QED) is 0.225. The molecule has 3 amide bonds. The third kappa shape index (κ3) is 11.0. The van der Waals surface area contributed by atoms with Crippen LogP contribution < -0.4 is 21.3 Å². The minimum Gasteiger partial charge on any atom is -0.480 e. The Labute approximate surface area is 223 Å². The van der Waals surface area contributed by atoms with Gasteiger partial charge < -0.3 is 25.8 Å². The van der Waals surface area contributed by atoms with Gasteiger partial charge >= 0.3 is 24.1 Å². The van der Waals surface area contributed by atoms with Crippen molar-refractivity contribution in [3.8, 4) is 0 Å². The van der Waals surface area contributed by atoms with Gasteiger partial charge in [0.1, 0.15) is 11.6 Å². The zero-order valence-electron chi connectivity index (χ0n) is 21.7. The largest absolute Gasteiger partial charge is 0.480 e. The minimum absolute atomic E-state index is 0.0901. The van der Waals surface area contributed by atoms with Gasteiger partial charge in [0, 0.05) is 24.0 Å². The number of carbonyl (C=O) groups is 4. The molecule has 4 unspecified atom stereocenters. The average molecular weight is 568 g/mol. The van der Waals surface area contributed by atoms with Gasteiger partial charge in [-0.3, -0.25) is 14.9 Å². The van der Waals surface area contributed by atoms with E-state index >= 15 is 0 Å². The van der Waals surface area contributed by atoms with Crippen molar-refractivity contribution in [3.05, 3.63) is 0 Å². The maximum absolute atomic E-state index is 12.4. The molecule has 38 heavy (non-hydrogen) atoms. The Hall–Kier alpha value is -2.71. The maximum Gasteiger partial charge on any atom is 0.471 e. The summed E-state index contributed by atoms with van der Waals surface area (Å²) >= 11 is 1.67. The second-order valence-corrected chi connectivity index (χ2v) is 11.4. The number of alkyl carbamates (subject to hydrolysis) is 1. The van der Waals surface area contributed by atoms with E-state index in [0.29, 0.717) is 38.0 Å². The second-order valence-electron chi connectivity index (χ2n) is 10.2. The lowest BCUT2D eigenvalue weighted by Crippen LogP contribution is -2.47. The second kappa shape index (κ2) is 13.9. The fraction of sp³-hybridized carbons (Fsp3) is 0.783. The van der Waals surface area contributed by atoms with Crippen molar-refractivity contribution in [2.45, 2.75) is 101 Å². The van der Waals surface area contributed by atoms with Gasteiger partial charge in [-0.05, 0) is 52.9 Å². The van der Waals surface area contributed by atoms with E-state index in [1.165, 1.54) is 0 Å². The van der Waals surface area contributed by atoms with Gasteiger partial charge in [0.2, 0.25) is 5.91 Å². The van der Waals surface area contributed by atoms with Crippen molar-refractivity contribution in [1.29, 1.82) is 0 Å². The molecule has 2 aliphatic heterocycles. The Kier molecular flexibility index (Phi) is 11.5. The van der Waals surface area contributed by atoms with Crippen molar-refractivity contribution in [2.75, 3.05) is 12.3 Å². The molecule has 2 rings (SSSR count). The highest BCUT2D eigenvalue weighted by Crippen LogP contribution is 2.35. The molecule has 5 N–H and O–H groups in total. The number of hydrogen-bond donors (Lipinski definition) is 5. The molecule has 0 saturated carbocycles. The van der Waals surface area contributed by atoms with E-state index < -0.39 is 35.8 Å². The molecule has 0 radical (unpaired) electrons. The van der Waals surface area contributed by atoms with Crippen LogP contribution in [-0.2, 0) is 19.1 Å². The predicted molar refractivity (Wildman–Crippen MR) is 135 cm³/mol. The van der Waals surface area contributed by atoms with Crippen LogP contribution in [0.4, 0.5) is 18.0 Å². The highest BCUT2D eigenvalue weighted by Gasteiger charge is 2.44. The number of carboxylic acids is 1. The number of carbonyl (C=O) groups excluding carboxylic acids is 3. The smallest absolute Gasteiger partial charge is 0.471 e. The van der Waals surface area contributed by atoms with Crippen LogP contribution >= 0.6 is 11.8 Å². The molecular weight excluding hydrogens is 531 g/mol. The molecule has 0 aromatic carbocycles. The van der Waals surface area contributed by atoms with E-state index in [9.17, 15) is 37.5 Å². The summed E-state index contributed by atoms with van der Waals surface area (Å²) in [6.07, 6.45) is -2.11. The van der Waals surface area contributed by atoms with Crippen LogP contribution in [0.3, 0.4) is 0 Å². The van der Waals surface area contributed by atoms with Crippen molar-refractivity contribution in [1.82, 2.24) is 21.3 Å². The molecule has 1 fully saturated rings. The number of hydrogen-bond acceptors (Lipinski definition) is 8. The number of halogens is 3. The summed E-state index contributed by atoms with van der Waals surface area (Å²) in [5, 5.41) is 19.1. The molecule has 15 heteroatoms. The Bertz CT molecular complexity index is 896. The summed E-state index contributed by atoms with van der Waals surface area (Å²) in [6, 6.07) is -1.43. The zero-order valence-corrected chi connectivity index (χ0v) is 22.5. The van der Waals surface area contributed by atoms with Gasteiger partial charge in [0.25, 0.3) is 0 Å². The van der Waals surface area contributed by atoms with Crippen LogP contribution in [0.2, 0.25) is 0 Å². The maximum atomic E-state index is 12.4. The highest BCUT2D eigenvalue weighted by molar-refractivity contribution is 8.00. The first-order chi connectivity index (χ1) is 17.7. The zero-order chi connectivity index (χ0) is 28.5. The van der Waals surface area contributed by atoms with E-state index in [1.807, 2.05) is 0 Å². The van der Waals surface area contributed by atoms with Crippen LogP contribution in [0.15, 0.2) is 4.99 Å². The SMILES string of the molecule is CC(C)(C)OC(=O)NC(CCCCNC(=O)CCCCC1SCC2NC(NC(=O)C(F)(F)F)=NC21)C(=O)O. The number of rotatable bonds is 12. The number of guanidine groups is 1.